The molecular formula is C23H29Cl2N3O5S. The largest absolute Gasteiger partial charge is 0.494 e. The lowest BCUT2D eigenvalue weighted by Gasteiger charge is -2.31. The monoisotopic (exact) mass is 529 g/mol. The molecule has 34 heavy (non-hydrogen) atoms. The third-order valence-electron chi connectivity index (χ3n) is 5.02. The summed E-state index contributed by atoms with van der Waals surface area (Å²) >= 11 is 12.6. The Balaban J connectivity index is 2.41. The van der Waals surface area contributed by atoms with Gasteiger partial charge in [-0.3, -0.25) is 13.9 Å². The molecule has 2 aromatic carbocycles. The zero-order valence-corrected chi connectivity index (χ0v) is 21.9. The summed E-state index contributed by atoms with van der Waals surface area (Å²) in [5.74, 6) is -0.397. The molecule has 1 atom stereocenters. The van der Waals surface area contributed by atoms with Crippen LogP contribution < -0.4 is 14.4 Å². The second-order valence-electron chi connectivity index (χ2n) is 7.49. The van der Waals surface area contributed by atoms with Crippen LogP contribution in [0.15, 0.2) is 42.5 Å². The van der Waals surface area contributed by atoms with Crippen molar-refractivity contribution in [1.29, 1.82) is 0 Å². The highest BCUT2D eigenvalue weighted by molar-refractivity contribution is 7.92. The minimum absolute atomic E-state index is 0.0729. The highest BCUT2D eigenvalue weighted by Gasteiger charge is 2.30. The number of sulfonamides is 1. The van der Waals surface area contributed by atoms with Crippen LogP contribution in [0.4, 0.5) is 5.69 Å². The van der Waals surface area contributed by atoms with Crippen LogP contribution >= 0.6 is 23.2 Å². The normalized spacial score (nSPS) is 12.1. The maximum Gasteiger partial charge on any atom is 0.244 e. The second-order valence-corrected chi connectivity index (χ2v) is 10.2. The number of rotatable bonds is 11. The highest BCUT2D eigenvalue weighted by atomic mass is 35.5. The number of nitrogens with zero attached hydrogens (tertiary/aromatic N) is 2. The molecule has 0 fully saturated rings. The van der Waals surface area contributed by atoms with E-state index in [4.69, 9.17) is 27.9 Å². The average molecular weight is 530 g/mol. The molecule has 186 valence electrons. The number of hydrogen-bond donors (Lipinski definition) is 1. The third kappa shape index (κ3) is 7.25. The van der Waals surface area contributed by atoms with E-state index in [1.807, 2.05) is 6.92 Å². The number of hydrogen-bond acceptors (Lipinski definition) is 5. The van der Waals surface area contributed by atoms with Gasteiger partial charge in [-0.2, -0.15) is 0 Å². The lowest BCUT2D eigenvalue weighted by molar-refractivity contribution is -0.139. The minimum atomic E-state index is -3.82. The summed E-state index contributed by atoms with van der Waals surface area (Å²) < 4.78 is 31.5. The number of ether oxygens (including phenoxy) is 1. The van der Waals surface area contributed by atoms with E-state index in [2.05, 4.69) is 5.32 Å². The Kier molecular flexibility index (Phi) is 10.0. The van der Waals surface area contributed by atoms with Gasteiger partial charge < -0.3 is 15.0 Å². The van der Waals surface area contributed by atoms with Crippen molar-refractivity contribution in [3.05, 3.63) is 58.1 Å². The zero-order valence-electron chi connectivity index (χ0n) is 19.5. The fourth-order valence-corrected chi connectivity index (χ4v) is 4.61. The molecule has 0 bridgehead atoms. The summed E-state index contributed by atoms with van der Waals surface area (Å²) in [4.78, 5) is 27.3. The molecule has 0 aliphatic rings. The summed E-state index contributed by atoms with van der Waals surface area (Å²) in [6.07, 6.45) is 1.01. The van der Waals surface area contributed by atoms with Crippen LogP contribution in [0.25, 0.3) is 0 Å². The summed E-state index contributed by atoms with van der Waals surface area (Å²) in [6.45, 7) is 5.42. The molecule has 11 heteroatoms. The molecule has 0 aliphatic carbocycles. The molecule has 8 nitrogen and oxygen atoms in total. The van der Waals surface area contributed by atoms with Crippen molar-refractivity contribution in [3.8, 4) is 5.75 Å². The number of carbonyl (C=O) groups is 2. The Labute approximate surface area is 210 Å². The van der Waals surface area contributed by atoms with Crippen LogP contribution in [0.3, 0.4) is 0 Å². The summed E-state index contributed by atoms with van der Waals surface area (Å²) in [7, 11) is -3.82. The van der Waals surface area contributed by atoms with Gasteiger partial charge in [-0.05, 0) is 57.2 Å². The number of amides is 2. The molecule has 0 saturated carbocycles. The number of anilines is 1. The van der Waals surface area contributed by atoms with Crippen molar-refractivity contribution >= 4 is 50.7 Å². The first-order chi connectivity index (χ1) is 16.0. The van der Waals surface area contributed by atoms with Crippen molar-refractivity contribution in [2.75, 3.05) is 30.3 Å². The van der Waals surface area contributed by atoms with Gasteiger partial charge in [0.2, 0.25) is 21.8 Å². The Hall–Kier alpha value is -2.49. The Morgan fingerprint density at radius 2 is 1.65 bits per heavy atom. The minimum Gasteiger partial charge on any atom is -0.494 e. The van der Waals surface area contributed by atoms with Crippen molar-refractivity contribution in [3.63, 3.8) is 0 Å². The van der Waals surface area contributed by atoms with Crippen LogP contribution in [0, 0.1) is 0 Å². The highest BCUT2D eigenvalue weighted by Crippen LogP contribution is 2.27. The van der Waals surface area contributed by atoms with Crippen molar-refractivity contribution in [1.82, 2.24) is 10.2 Å². The second kappa shape index (κ2) is 12.3. The summed E-state index contributed by atoms with van der Waals surface area (Å²) in [5.41, 5.74) is 0.753. The molecule has 0 saturated heterocycles. The quantitative estimate of drug-likeness (QED) is 0.478. The van der Waals surface area contributed by atoms with Gasteiger partial charge in [0.1, 0.15) is 18.3 Å². The smallest absolute Gasteiger partial charge is 0.244 e. The van der Waals surface area contributed by atoms with E-state index < -0.39 is 28.5 Å². The topological polar surface area (TPSA) is 96.0 Å². The Morgan fingerprint density at radius 3 is 2.15 bits per heavy atom. The molecule has 2 aromatic rings. The van der Waals surface area contributed by atoms with Gasteiger partial charge in [-0.15, -0.1) is 0 Å². The van der Waals surface area contributed by atoms with Crippen LogP contribution in [0.1, 0.15) is 26.3 Å². The number of nitrogens with one attached hydrogen (secondary N) is 1. The van der Waals surface area contributed by atoms with Crippen LogP contribution in [0.5, 0.6) is 5.75 Å². The van der Waals surface area contributed by atoms with E-state index in [1.165, 1.54) is 4.90 Å². The molecular weight excluding hydrogens is 501 g/mol. The van der Waals surface area contributed by atoms with Gasteiger partial charge in [0, 0.05) is 28.7 Å². The first-order valence-electron chi connectivity index (χ1n) is 10.7. The Morgan fingerprint density at radius 1 is 1.06 bits per heavy atom. The van der Waals surface area contributed by atoms with Gasteiger partial charge in [0.05, 0.1) is 18.6 Å². The number of benzene rings is 2. The zero-order chi connectivity index (χ0) is 25.5. The van der Waals surface area contributed by atoms with Crippen molar-refractivity contribution < 1.29 is 22.7 Å². The molecule has 1 N–H and O–H groups in total. The molecule has 2 rings (SSSR count). The maximum atomic E-state index is 13.4. The summed E-state index contributed by atoms with van der Waals surface area (Å²) in [6, 6.07) is 10.4. The van der Waals surface area contributed by atoms with E-state index >= 15 is 0 Å². The van der Waals surface area contributed by atoms with E-state index in [1.54, 1.807) is 56.3 Å². The van der Waals surface area contributed by atoms with Crippen LogP contribution in [-0.2, 0) is 26.2 Å². The molecule has 0 spiro atoms. The molecule has 2 amide bonds. The van der Waals surface area contributed by atoms with E-state index in [-0.39, 0.29) is 12.5 Å². The van der Waals surface area contributed by atoms with E-state index in [9.17, 15) is 18.0 Å². The number of likely N-dealkylation sites (N-methyl/N-ethyl adjacent to an activating group) is 1. The Bertz CT molecular complexity index is 1090. The predicted molar refractivity (Wildman–Crippen MR) is 135 cm³/mol. The number of carbonyl (C=O) groups excluding carboxylic acids is 2. The molecule has 0 radical (unpaired) electrons. The fraction of sp³-hybridized carbons (Fsp3) is 0.391. The molecule has 0 aliphatic heterocycles. The third-order valence-corrected chi connectivity index (χ3v) is 6.87. The van der Waals surface area contributed by atoms with E-state index in [0.29, 0.717) is 40.2 Å². The lowest BCUT2D eigenvalue weighted by Crippen LogP contribution is -2.51. The first-order valence-corrected chi connectivity index (χ1v) is 13.3. The van der Waals surface area contributed by atoms with Gasteiger partial charge in [-0.1, -0.05) is 29.3 Å². The first kappa shape index (κ1) is 27.8. The molecule has 0 heterocycles. The SMILES string of the molecule is CCNC(=O)C(C)N(Cc1c(Cl)cccc1Cl)C(=O)CN(c1ccc(OCC)cc1)S(C)(=O)=O. The molecule has 1 unspecified atom stereocenters. The lowest BCUT2D eigenvalue weighted by atomic mass is 10.1. The van der Waals surface area contributed by atoms with Gasteiger partial charge in [0.25, 0.3) is 0 Å². The van der Waals surface area contributed by atoms with E-state index in [0.717, 1.165) is 10.6 Å². The maximum absolute atomic E-state index is 13.4. The van der Waals surface area contributed by atoms with Gasteiger partial charge >= 0.3 is 0 Å². The fourth-order valence-electron chi connectivity index (χ4n) is 3.25. The van der Waals surface area contributed by atoms with Gasteiger partial charge in [-0.25, -0.2) is 8.42 Å². The van der Waals surface area contributed by atoms with Gasteiger partial charge in [0.15, 0.2) is 0 Å². The number of halogens is 2. The van der Waals surface area contributed by atoms with Crippen LogP contribution in [0.2, 0.25) is 10.0 Å². The summed E-state index contributed by atoms with van der Waals surface area (Å²) in [5, 5.41) is 3.35. The van der Waals surface area contributed by atoms with Crippen molar-refractivity contribution in [2.45, 2.75) is 33.4 Å². The van der Waals surface area contributed by atoms with Crippen LogP contribution in [-0.4, -0.2) is 57.1 Å². The van der Waals surface area contributed by atoms with Crippen molar-refractivity contribution in [2.24, 2.45) is 0 Å². The average Bonchev–Trinajstić information content (AvgIpc) is 2.77. The molecule has 0 aromatic heterocycles. The predicted octanol–water partition coefficient (Wildman–Crippen LogP) is 3.71. The standard InChI is InChI=1S/C23H29Cl2N3O5S/c1-5-26-23(30)16(3)27(14-19-20(24)8-7-9-21(19)25)22(29)15-28(34(4,31)32)17-10-12-18(13-11-17)33-6-2/h7-13,16H,5-6,14-15H2,1-4H3,(H,26,30).